The molecule has 2 N–H and O–H groups in total. The summed E-state index contributed by atoms with van der Waals surface area (Å²) < 4.78 is 0. The fraction of sp³-hybridized carbons (Fsp3) is 0.462. The van der Waals surface area contributed by atoms with Crippen molar-refractivity contribution in [2.45, 2.75) is 78.1 Å². The van der Waals surface area contributed by atoms with E-state index in [-0.39, 0.29) is 39.5 Å². The molecule has 0 bridgehead atoms. The zero-order valence-electron chi connectivity index (χ0n) is 18.1. The second-order valence-electron chi connectivity index (χ2n) is 8.27. The molecule has 2 aromatic carbocycles. The van der Waals surface area contributed by atoms with Crippen molar-refractivity contribution in [2.75, 3.05) is 0 Å². The monoisotopic (exact) mass is 408 g/mol. The van der Waals surface area contributed by atoms with Crippen LogP contribution in [-0.2, 0) is 12.8 Å². The first-order valence-corrected chi connectivity index (χ1v) is 11.3. The lowest BCUT2D eigenvalue weighted by Crippen LogP contribution is -2.22. The van der Waals surface area contributed by atoms with E-state index in [0.717, 1.165) is 51.4 Å². The standard InChI is InChI=1S/C26H32O4/c1-3-5-7-9-11-17-13-15-19-21(23(17)27)26(30)22-20(25(19)29)16-14-18(24(22)28)12-10-8-6-4-2/h13-16,27-28H,3-12H2,1-2H3. The molecule has 2 aromatic rings. The van der Waals surface area contributed by atoms with Crippen LogP contribution < -0.4 is 0 Å². The van der Waals surface area contributed by atoms with Crippen LogP contribution in [0.2, 0.25) is 0 Å². The lowest BCUT2D eigenvalue weighted by atomic mass is 9.80. The molecular formula is C26H32O4. The predicted octanol–water partition coefficient (Wildman–Crippen LogP) is 6.12. The minimum Gasteiger partial charge on any atom is -0.507 e. The molecule has 0 fully saturated rings. The summed E-state index contributed by atoms with van der Waals surface area (Å²) in [6.45, 7) is 4.28. The normalized spacial score (nSPS) is 12.7. The first-order chi connectivity index (χ1) is 14.5. The Kier molecular flexibility index (Phi) is 7.30. The van der Waals surface area contributed by atoms with Crippen LogP contribution in [0.25, 0.3) is 0 Å². The van der Waals surface area contributed by atoms with Crippen molar-refractivity contribution in [2.24, 2.45) is 0 Å². The number of carbonyl (C=O) groups is 2. The number of phenols is 2. The Hall–Kier alpha value is -2.62. The molecule has 0 unspecified atom stereocenters. The largest absolute Gasteiger partial charge is 0.507 e. The van der Waals surface area contributed by atoms with Gasteiger partial charge in [0.2, 0.25) is 5.78 Å². The number of aryl methyl sites for hydroxylation is 2. The maximum absolute atomic E-state index is 13.3. The van der Waals surface area contributed by atoms with Crippen molar-refractivity contribution in [3.63, 3.8) is 0 Å². The summed E-state index contributed by atoms with van der Waals surface area (Å²) in [7, 11) is 0. The summed E-state index contributed by atoms with van der Waals surface area (Å²) >= 11 is 0. The fourth-order valence-corrected chi connectivity index (χ4v) is 4.26. The zero-order chi connectivity index (χ0) is 21.7. The lowest BCUT2D eigenvalue weighted by molar-refractivity contribution is 0.0974. The Morgan fingerprint density at radius 3 is 1.43 bits per heavy atom. The van der Waals surface area contributed by atoms with Gasteiger partial charge in [-0.15, -0.1) is 0 Å². The molecule has 0 amide bonds. The highest BCUT2D eigenvalue weighted by Crippen LogP contribution is 2.40. The summed E-state index contributed by atoms with van der Waals surface area (Å²) in [5.74, 6) is -0.998. The molecule has 30 heavy (non-hydrogen) atoms. The molecular weight excluding hydrogens is 376 g/mol. The van der Waals surface area contributed by atoms with E-state index in [0.29, 0.717) is 24.0 Å². The van der Waals surface area contributed by atoms with Crippen LogP contribution >= 0.6 is 0 Å². The van der Waals surface area contributed by atoms with Gasteiger partial charge in [0.1, 0.15) is 11.5 Å². The first-order valence-electron chi connectivity index (χ1n) is 11.3. The summed E-state index contributed by atoms with van der Waals surface area (Å²) in [6, 6.07) is 6.78. The van der Waals surface area contributed by atoms with Gasteiger partial charge in [0, 0.05) is 11.1 Å². The van der Waals surface area contributed by atoms with Crippen molar-refractivity contribution >= 4 is 11.6 Å². The van der Waals surface area contributed by atoms with Gasteiger partial charge in [-0.25, -0.2) is 0 Å². The lowest BCUT2D eigenvalue weighted by Gasteiger charge is -2.22. The Balaban J connectivity index is 1.92. The Morgan fingerprint density at radius 2 is 1.03 bits per heavy atom. The van der Waals surface area contributed by atoms with E-state index in [1.807, 2.05) is 0 Å². The van der Waals surface area contributed by atoms with E-state index in [9.17, 15) is 19.8 Å². The highest BCUT2D eigenvalue weighted by atomic mass is 16.3. The second kappa shape index (κ2) is 9.92. The van der Waals surface area contributed by atoms with Crippen molar-refractivity contribution in [1.29, 1.82) is 0 Å². The number of phenolic OH excluding ortho intramolecular Hbond substituents is 2. The van der Waals surface area contributed by atoms with Gasteiger partial charge in [0.25, 0.3) is 0 Å². The number of unbranched alkanes of at least 4 members (excludes halogenated alkanes) is 6. The van der Waals surface area contributed by atoms with Crippen LogP contribution in [0.3, 0.4) is 0 Å². The number of fused-ring (bicyclic) bond motifs is 2. The minimum atomic E-state index is -0.458. The average Bonchev–Trinajstić information content (AvgIpc) is 2.74. The van der Waals surface area contributed by atoms with Crippen LogP contribution in [0.15, 0.2) is 24.3 Å². The topological polar surface area (TPSA) is 74.6 Å². The highest BCUT2D eigenvalue weighted by molar-refractivity contribution is 6.30. The maximum Gasteiger partial charge on any atom is 0.201 e. The molecule has 0 radical (unpaired) electrons. The quantitative estimate of drug-likeness (QED) is 0.396. The number of carbonyl (C=O) groups excluding carboxylic acids is 2. The van der Waals surface area contributed by atoms with Gasteiger partial charge in [-0.2, -0.15) is 0 Å². The zero-order valence-corrected chi connectivity index (χ0v) is 18.1. The van der Waals surface area contributed by atoms with Crippen molar-refractivity contribution in [3.05, 3.63) is 57.6 Å². The van der Waals surface area contributed by atoms with Gasteiger partial charge in [0.15, 0.2) is 5.78 Å². The molecule has 0 saturated carbocycles. The molecule has 0 atom stereocenters. The smallest absolute Gasteiger partial charge is 0.201 e. The predicted molar refractivity (Wildman–Crippen MR) is 119 cm³/mol. The van der Waals surface area contributed by atoms with Crippen molar-refractivity contribution in [1.82, 2.24) is 0 Å². The van der Waals surface area contributed by atoms with Crippen molar-refractivity contribution < 1.29 is 19.8 Å². The molecule has 1 aliphatic rings. The van der Waals surface area contributed by atoms with Gasteiger partial charge in [-0.1, -0.05) is 64.5 Å². The van der Waals surface area contributed by atoms with Crippen LogP contribution in [0.5, 0.6) is 11.5 Å². The summed E-state index contributed by atoms with van der Waals surface area (Å²) in [6.07, 6.45) is 9.80. The molecule has 0 aliphatic heterocycles. The van der Waals surface area contributed by atoms with Crippen LogP contribution in [-0.4, -0.2) is 21.8 Å². The summed E-state index contributed by atoms with van der Waals surface area (Å²) in [5, 5.41) is 21.6. The third kappa shape index (κ3) is 4.28. The summed E-state index contributed by atoms with van der Waals surface area (Å²) in [5.41, 5.74) is 1.89. The van der Waals surface area contributed by atoms with Gasteiger partial charge in [-0.3, -0.25) is 9.59 Å². The Morgan fingerprint density at radius 1 is 0.600 bits per heavy atom. The molecule has 1 aliphatic carbocycles. The number of benzene rings is 2. The van der Waals surface area contributed by atoms with E-state index >= 15 is 0 Å². The first kappa shape index (κ1) is 22.1. The SMILES string of the molecule is CCCCCCc1ccc2c(c1O)C(=O)c1c(ccc(CCCCCC)c1O)C2=O. The molecule has 0 saturated heterocycles. The average molecular weight is 409 g/mol. The van der Waals surface area contributed by atoms with Crippen LogP contribution in [0.1, 0.15) is 108 Å². The van der Waals surface area contributed by atoms with Gasteiger partial charge < -0.3 is 10.2 Å². The number of hydrogen-bond donors (Lipinski definition) is 2. The summed E-state index contributed by atoms with van der Waals surface area (Å²) in [4.78, 5) is 26.3. The van der Waals surface area contributed by atoms with Gasteiger partial charge in [-0.05, 0) is 48.9 Å². The van der Waals surface area contributed by atoms with Crippen molar-refractivity contribution in [3.8, 4) is 11.5 Å². The molecule has 0 spiro atoms. The molecule has 4 nitrogen and oxygen atoms in total. The number of ketones is 2. The van der Waals surface area contributed by atoms with E-state index in [4.69, 9.17) is 0 Å². The third-order valence-corrected chi connectivity index (χ3v) is 6.07. The van der Waals surface area contributed by atoms with Gasteiger partial charge >= 0.3 is 0 Å². The maximum atomic E-state index is 13.3. The van der Waals surface area contributed by atoms with E-state index in [1.165, 1.54) is 0 Å². The van der Waals surface area contributed by atoms with Gasteiger partial charge in [0.05, 0.1) is 11.1 Å². The highest BCUT2D eigenvalue weighted by Gasteiger charge is 2.35. The molecule has 160 valence electrons. The van der Waals surface area contributed by atoms with E-state index in [2.05, 4.69) is 13.8 Å². The van der Waals surface area contributed by atoms with E-state index < -0.39 is 5.78 Å². The Labute approximate surface area is 179 Å². The number of aromatic hydroxyl groups is 2. The van der Waals surface area contributed by atoms with E-state index in [1.54, 1.807) is 24.3 Å². The third-order valence-electron chi connectivity index (χ3n) is 6.07. The second-order valence-corrected chi connectivity index (χ2v) is 8.27. The molecule has 4 heteroatoms. The minimum absolute atomic E-state index is 0.0407. The fourth-order valence-electron chi connectivity index (χ4n) is 4.26. The van der Waals surface area contributed by atoms with Crippen LogP contribution in [0, 0.1) is 0 Å². The molecule has 0 aromatic heterocycles. The number of rotatable bonds is 10. The Bertz CT molecular complexity index is 869. The van der Waals surface area contributed by atoms with Crippen LogP contribution in [0.4, 0.5) is 0 Å². The molecule has 0 heterocycles. The number of hydrogen-bond acceptors (Lipinski definition) is 4. The molecule has 3 rings (SSSR count).